The summed E-state index contributed by atoms with van der Waals surface area (Å²) in [6, 6.07) is 21.8. The second kappa shape index (κ2) is 6.19. The second-order valence-electron chi connectivity index (χ2n) is 5.85. The molecule has 0 aliphatic heterocycles. The summed E-state index contributed by atoms with van der Waals surface area (Å²) in [5.41, 5.74) is 8.87. The molecule has 0 amide bonds. The first-order valence-corrected chi connectivity index (χ1v) is 8.36. The van der Waals surface area contributed by atoms with Crippen LogP contribution in [0.4, 0.5) is 17.1 Å². The molecule has 4 aromatic rings. The van der Waals surface area contributed by atoms with E-state index in [1.807, 2.05) is 66.7 Å². The Balaban J connectivity index is 1.90. The number of hydrogen-bond acceptors (Lipinski definition) is 3. The quantitative estimate of drug-likeness (QED) is 0.447. The van der Waals surface area contributed by atoms with Crippen LogP contribution in [0.1, 0.15) is 0 Å². The van der Waals surface area contributed by atoms with Crippen molar-refractivity contribution in [3.63, 3.8) is 0 Å². The standard InChI is InChI=1S/C21H17ClN2O/c1-25-20-12-19(21(23)16-9-5-4-8-15(16)20)24-18-11-10-17(22)13-6-2-3-7-14(13)18/h2-12,24H,23H2,1H3. The lowest BCUT2D eigenvalue weighted by molar-refractivity contribution is 0.420. The zero-order chi connectivity index (χ0) is 17.4. The average Bonchev–Trinajstić information content (AvgIpc) is 2.66. The summed E-state index contributed by atoms with van der Waals surface area (Å²) in [4.78, 5) is 0. The number of halogens is 1. The van der Waals surface area contributed by atoms with Gasteiger partial charge < -0.3 is 15.8 Å². The van der Waals surface area contributed by atoms with E-state index in [4.69, 9.17) is 22.1 Å². The largest absolute Gasteiger partial charge is 0.496 e. The zero-order valence-corrected chi connectivity index (χ0v) is 14.5. The smallest absolute Gasteiger partial charge is 0.128 e. The van der Waals surface area contributed by atoms with Crippen LogP contribution in [0.25, 0.3) is 21.5 Å². The molecule has 0 radical (unpaired) electrons. The van der Waals surface area contributed by atoms with Gasteiger partial charge in [0.15, 0.2) is 0 Å². The Bertz CT molecular complexity index is 1090. The Morgan fingerprint density at radius 1 is 0.800 bits per heavy atom. The number of nitrogens with one attached hydrogen (secondary N) is 1. The van der Waals surface area contributed by atoms with Crippen LogP contribution in [0.5, 0.6) is 5.75 Å². The number of hydrogen-bond donors (Lipinski definition) is 2. The molecule has 0 atom stereocenters. The van der Waals surface area contributed by atoms with Crippen LogP contribution in [-0.2, 0) is 0 Å². The van der Waals surface area contributed by atoms with Crippen LogP contribution in [0.2, 0.25) is 5.02 Å². The minimum Gasteiger partial charge on any atom is -0.496 e. The first-order chi connectivity index (χ1) is 12.2. The first-order valence-electron chi connectivity index (χ1n) is 7.98. The molecule has 0 aliphatic rings. The fourth-order valence-electron chi connectivity index (χ4n) is 3.15. The summed E-state index contributed by atoms with van der Waals surface area (Å²) < 4.78 is 5.55. The number of rotatable bonds is 3. The highest BCUT2D eigenvalue weighted by atomic mass is 35.5. The Kier molecular flexibility index (Phi) is 3.86. The van der Waals surface area contributed by atoms with Gasteiger partial charge in [-0.2, -0.15) is 0 Å². The van der Waals surface area contributed by atoms with Gasteiger partial charge in [0.05, 0.1) is 18.5 Å². The van der Waals surface area contributed by atoms with Crippen molar-refractivity contribution < 1.29 is 4.74 Å². The monoisotopic (exact) mass is 348 g/mol. The summed E-state index contributed by atoms with van der Waals surface area (Å²) in [5.74, 6) is 0.783. The van der Waals surface area contributed by atoms with Gasteiger partial charge >= 0.3 is 0 Å². The third-order valence-electron chi connectivity index (χ3n) is 4.41. The van der Waals surface area contributed by atoms with Crippen LogP contribution in [0.3, 0.4) is 0 Å². The number of benzene rings is 4. The molecule has 4 rings (SSSR count). The normalized spacial score (nSPS) is 11.0. The molecule has 0 heterocycles. The van der Waals surface area contributed by atoms with Crippen molar-refractivity contribution in [3.05, 3.63) is 71.8 Å². The highest BCUT2D eigenvalue weighted by Gasteiger charge is 2.12. The summed E-state index contributed by atoms with van der Waals surface area (Å²) in [6.07, 6.45) is 0. The van der Waals surface area contributed by atoms with E-state index in [0.29, 0.717) is 5.69 Å². The number of anilines is 3. The maximum atomic E-state index is 6.42. The number of ether oxygens (including phenoxy) is 1. The molecule has 0 aliphatic carbocycles. The van der Waals surface area contributed by atoms with Crippen LogP contribution >= 0.6 is 11.6 Å². The highest BCUT2D eigenvalue weighted by Crippen LogP contribution is 2.39. The second-order valence-corrected chi connectivity index (χ2v) is 6.26. The van der Waals surface area contributed by atoms with Crippen LogP contribution in [0, 0.1) is 0 Å². The molecule has 0 unspecified atom stereocenters. The van der Waals surface area contributed by atoms with Crippen molar-refractivity contribution in [2.45, 2.75) is 0 Å². The van der Waals surface area contributed by atoms with Gasteiger partial charge in [0.1, 0.15) is 5.75 Å². The van der Waals surface area contributed by atoms with E-state index in [1.54, 1.807) is 7.11 Å². The van der Waals surface area contributed by atoms with Crippen molar-refractivity contribution >= 4 is 50.2 Å². The van der Waals surface area contributed by atoms with Crippen molar-refractivity contribution in [1.82, 2.24) is 0 Å². The maximum Gasteiger partial charge on any atom is 0.128 e. The molecule has 0 aromatic heterocycles. The fourth-order valence-corrected chi connectivity index (χ4v) is 3.38. The van der Waals surface area contributed by atoms with Crippen LogP contribution < -0.4 is 15.8 Å². The molecule has 0 bridgehead atoms. The Labute approximate surface area is 151 Å². The van der Waals surface area contributed by atoms with Gasteiger partial charge in [-0.1, -0.05) is 60.1 Å². The van der Waals surface area contributed by atoms with Crippen LogP contribution in [-0.4, -0.2) is 7.11 Å². The van der Waals surface area contributed by atoms with Crippen molar-refractivity contribution in [1.29, 1.82) is 0 Å². The molecule has 25 heavy (non-hydrogen) atoms. The number of fused-ring (bicyclic) bond motifs is 2. The number of nitrogen functional groups attached to an aromatic ring is 1. The minimum atomic E-state index is 0.690. The Morgan fingerprint density at radius 3 is 2.16 bits per heavy atom. The predicted molar refractivity (Wildman–Crippen MR) is 107 cm³/mol. The Hall–Kier alpha value is -2.91. The minimum absolute atomic E-state index is 0.690. The molecule has 3 nitrogen and oxygen atoms in total. The highest BCUT2D eigenvalue weighted by molar-refractivity contribution is 6.36. The van der Waals surface area contributed by atoms with Gasteiger partial charge in [-0.05, 0) is 12.1 Å². The van der Waals surface area contributed by atoms with Crippen molar-refractivity contribution in [3.8, 4) is 5.75 Å². The third-order valence-corrected chi connectivity index (χ3v) is 4.74. The van der Waals surface area contributed by atoms with E-state index in [2.05, 4.69) is 5.32 Å². The van der Waals surface area contributed by atoms with Gasteiger partial charge in [-0.25, -0.2) is 0 Å². The van der Waals surface area contributed by atoms with E-state index >= 15 is 0 Å². The SMILES string of the molecule is COc1cc(Nc2ccc(Cl)c3ccccc23)c(N)c2ccccc12. The maximum absolute atomic E-state index is 6.42. The van der Waals surface area contributed by atoms with E-state index < -0.39 is 0 Å². The lowest BCUT2D eigenvalue weighted by Gasteiger charge is -2.16. The van der Waals surface area contributed by atoms with E-state index in [1.165, 1.54) is 0 Å². The molecule has 0 spiro atoms. The average molecular weight is 349 g/mol. The molecule has 0 saturated carbocycles. The predicted octanol–water partition coefficient (Wildman–Crippen LogP) is 5.98. The summed E-state index contributed by atoms with van der Waals surface area (Å²) in [6.45, 7) is 0. The molecule has 4 aromatic carbocycles. The third kappa shape index (κ3) is 2.63. The fraction of sp³-hybridized carbons (Fsp3) is 0.0476. The van der Waals surface area contributed by atoms with E-state index in [9.17, 15) is 0 Å². The van der Waals surface area contributed by atoms with Crippen LogP contribution in [0.15, 0.2) is 66.7 Å². The van der Waals surface area contributed by atoms with Gasteiger partial charge in [0.25, 0.3) is 0 Å². The van der Waals surface area contributed by atoms with Gasteiger partial charge in [0, 0.05) is 38.3 Å². The molecule has 124 valence electrons. The first kappa shape index (κ1) is 15.6. The van der Waals surface area contributed by atoms with Gasteiger partial charge in [-0.15, -0.1) is 0 Å². The van der Waals surface area contributed by atoms with Crippen molar-refractivity contribution in [2.24, 2.45) is 0 Å². The molecule has 3 N–H and O–H groups in total. The molecule has 0 saturated heterocycles. The summed E-state index contributed by atoms with van der Waals surface area (Å²) in [7, 11) is 1.67. The molecule has 4 heteroatoms. The lowest BCUT2D eigenvalue weighted by Crippen LogP contribution is -1.99. The van der Waals surface area contributed by atoms with Crippen molar-refractivity contribution in [2.75, 3.05) is 18.2 Å². The van der Waals surface area contributed by atoms with E-state index in [0.717, 1.165) is 43.7 Å². The lowest BCUT2D eigenvalue weighted by atomic mass is 10.0. The van der Waals surface area contributed by atoms with Gasteiger partial charge in [0.2, 0.25) is 0 Å². The molecular formula is C21H17ClN2O. The van der Waals surface area contributed by atoms with Gasteiger partial charge in [-0.3, -0.25) is 0 Å². The Morgan fingerprint density at radius 2 is 1.44 bits per heavy atom. The molecule has 0 fully saturated rings. The topological polar surface area (TPSA) is 47.3 Å². The summed E-state index contributed by atoms with van der Waals surface area (Å²) >= 11 is 6.32. The number of nitrogens with two attached hydrogens (primary N) is 1. The summed E-state index contributed by atoms with van der Waals surface area (Å²) in [5, 5.41) is 8.17. The van der Waals surface area contributed by atoms with E-state index in [-0.39, 0.29) is 0 Å². The molecular weight excluding hydrogens is 332 g/mol. The number of methoxy groups -OCH3 is 1. The zero-order valence-electron chi connectivity index (χ0n) is 13.7.